The Morgan fingerprint density at radius 1 is 1.09 bits per heavy atom. The molecule has 34 heavy (non-hydrogen) atoms. The molecule has 0 aliphatic rings. The second kappa shape index (κ2) is 13.9. The Bertz CT molecular complexity index is 1130. The molecule has 0 aliphatic heterocycles. The molecule has 0 atom stereocenters. The number of methoxy groups -OCH3 is 1. The molecule has 2 N–H and O–H groups in total. The van der Waals surface area contributed by atoms with E-state index in [-0.39, 0.29) is 23.1 Å². The minimum Gasteiger partial charge on any atom is -0.385 e. The summed E-state index contributed by atoms with van der Waals surface area (Å²) in [6, 6.07) is 11.8. The fourth-order valence-electron chi connectivity index (χ4n) is 3.33. The van der Waals surface area contributed by atoms with Gasteiger partial charge in [0.1, 0.15) is 4.70 Å². The fraction of sp³-hybridized carbons (Fsp3) is 0.417. The number of aromatic nitrogens is 2. The van der Waals surface area contributed by atoms with Crippen LogP contribution in [0.15, 0.2) is 51.7 Å². The lowest BCUT2D eigenvalue weighted by atomic mass is 10.1. The average Bonchev–Trinajstić information content (AvgIpc) is 3.32. The zero-order chi connectivity index (χ0) is 24.2. The number of hydrogen-bond acceptors (Lipinski definition) is 7. The second-order valence-electron chi connectivity index (χ2n) is 7.66. The van der Waals surface area contributed by atoms with Crippen molar-refractivity contribution in [3.63, 3.8) is 0 Å². The number of thioether (sulfide) groups is 1. The molecule has 8 nitrogen and oxygen atoms in total. The number of ether oxygens (including phenoxy) is 1. The smallest absolute Gasteiger partial charge is 0.272 e. The highest BCUT2D eigenvalue weighted by Gasteiger charge is 2.14. The molecule has 0 saturated heterocycles. The van der Waals surface area contributed by atoms with Crippen LogP contribution in [0.5, 0.6) is 0 Å². The summed E-state index contributed by atoms with van der Waals surface area (Å²) in [5, 5.41) is 8.10. The molecule has 2 aromatic heterocycles. The Morgan fingerprint density at radius 2 is 1.88 bits per heavy atom. The molecular weight excluding hydrogens is 472 g/mol. The summed E-state index contributed by atoms with van der Waals surface area (Å²) in [7, 11) is 1.62. The SMILES string of the molecule is COCCCNC(=O)CSc1nc2ccsc2c(=O)n1CCCC(=O)NCCc1ccccc1. The van der Waals surface area contributed by atoms with Gasteiger partial charge in [0, 0.05) is 39.8 Å². The monoisotopic (exact) mass is 502 g/mol. The molecular formula is C24H30N4O4S2. The summed E-state index contributed by atoms with van der Waals surface area (Å²) in [6.45, 7) is 2.06. The van der Waals surface area contributed by atoms with E-state index in [0.717, 1.165) is 12.8 Å². The van der Waals surface area contributed by atoms with Crippen LogP contribution in [0.2, 0.25) is 0 Å². The topological polar surface area (TPSA) is 102 Å². The first-order valence-corrected chi connectivity index (χ1v) is 13.1. The number of amides is 2. The number of nitrogens with zero attached hydrogens (tertiary/aromatic N) is 2. The highest BCUT2D eigenvalue weighted by atomic mass is 32.2. The summed E-state index contributed by atoms with van der Waals surface area (Å²) in [4.78, 5) is 42.0. The zero-order valence-electron chi connectivity index (χ0n) is 19.2. The molecule has 10 heteroatoms. The number of fused-ring (bicyclic) bond motifs is 1. The minimum absolute atomic E-state index is 0.0428. The van der Waals surface area contributed by atoms with Gasteiger partial charge in [-0.25, -0.2) is 4.98 Å². The Kier molecular flexibility index (Phi) is 10.6. The molecule has 0 spiro atoms. The molecule has 0 saturated carbocycles. The summed E-state index contributed by atoms with van der Waals surface area (Å²) >= 11 is 2.58. The van der Waals surface area contributed by atoms with Gasteiger partial charge in [0.2, 0.25) is 11.8 Å². The maximum atomic E-state index is 13.0. The van der Waals surface area contributed by atoms with Gasteiger partial charge in [0.15, 0.2) is 5.16 Å². The number of nitrogens with one attached hydrogen (secondary N) is 2. The number of benzene rings is 1. The predicted molar refractivity (Wildman–Crippen MR) is 136 cm³/mol. The van der Waals surface area contributed by atoms with E-state index in [2.05, 4.69) is 15.6 Å². The van der Waals surface area contributed by atoms with Gasteiger partial charge < -0.3 is 15.4 Å². The van der Waals surface area contributed by atoms with Crippen LogP contribution in [0, 0.1) is 0 Å². The van der Waals surface area contributed by atoms with Crippen LogP contribution in [-0.4, -0.2) is 53.9 Å². The van der Waals surface area contributed by atoms with Crippen LogP contribution in [0.1, 0.15) is 24.8 Å². The van der Waals surface area contributed by atoms with Crippen LogP contribution < -0.4 is 16.2 Å². The molecule has 0 aliphatic carbocycles. The first kappa shape index (κ1) is 25.9. The average molecular weight is 503 g/mol. The second-order valence-corrected chi connectivity index (χ2v) is 9.52. The maximum Gasteiger partial charge on any atom is 0.272 e. The Morgan fingerprint density at radius 3 is 2.68 bits per heavy atom. The number of hydrogen-bond donors (Lipinski definition) is 2. The third-order valence-corrected chi connectivity index (χ3v) is 6.94. The molecule has 2 heterocycles. The van der Waals surface area contributed by atoms with E-state index in [9.17, 15) is 14.4 Å². The van der Waals surface area contributed by atoms with E-state index in [1.807, 2.05) is 35.7 Å². The molecule has 0 fully saturated rings. The molecule has 1 aromatic carbocycles. The molecule has 0 unspecified atom stereocenters. The van der Waals surface area contributed by atoms with Gasteiger partial charge >= 0.3 is 0 Å². The molecule has 3 rings (SSSR count). The largest absolute Gasteiger partial charge is 0.385 e. The third-order valence-electron chi connectivity index (χ3n) is 5.07. The Hall–Kier alpha value is -2.69. The van der Waals surface area contributed by atoms with Crippen molar-refractivity contribution >= 4 is 45.1 Å². The van der Waals surface area contributed by atoms with Crippen LogP contribution >= 0.6 is 23.1 Å². The van der Waals surface area contributed by atoms with Gasteiger partial charge in [-0.15, -0.1) is 11.3 Å². The third kappa shape index (κ3) is 7.96. The summed E-state index contributed by atoms with van der Waals surface area (Å²) in [5.41, 5.74) is 1.68. The van der Waals surface area contributed by atoms with Crippen molar-refractivity contribution in [2.75, 3.05) is 32.6 Å². The molecule has 0 bridgehead atoms. The van der Waals surface area contributed by atoms with Crippen molar-refractivity contribution in [3.05, 3.63) is 57.7 Å². The predicted octanol–water partition coefficient (Wildman–Crippen LogP) is 2.84. The van der Waals surface area contributed by atoms with Crippen LogP contribution in [0.25, 0.3) is 10.2 Å². The van der Waals surface area contributed by atoms with E-state index in [1.165, 1.54) is 28.7 Å². The van der Waals surface area contributed by atoms with Crippen LogP contribution in [-0.2, 0) is 27.3 Å². The van der Waals surface area contributed by atoms with E-state index in [1.54, 1.807) is 17.7 Å². The fourth-order valence-corrected chi connectivity index (χ4v) is 4.97. The summed E-state index contributed by atoms with van der Waals surface area (Å²) < 4.78 is 7.15. The zero-order valence-corrected chi connectivity index (χ0v) is 20.9. The van der Waals surface area contributed by atoms with Gasteiger partial charge in [-0.3, -0.25) is 19.0 Å². The van der Waals surface area contributed by atoms with Crippen molar-refractivity contribution in [1.82, 2.24) is 20.2 Å². The maximum absolute atomic E-state index is 13.0. The van der Waals surface area contributed by atoms with Gasteiger partial charge in [-0.1, -0.05) is 42.1 Å². The number of carbonyl (C=O) groups excluding carboxylic acids is 2. The number of thiophene rings is 1. The highest BCUT2D eigenvalue weighted by molar-refractivity contribution is 7.99. The van der Waals surface area contributed by atoms with E-state index >= 15 is 0 Å². The van der Waals surface area contributed by atoms with Crippen molar-refractivity contribution in [2.24, 2.45) is 0 Å². The van der Waals surface area contributed by atoms with Crippen LogP contribution in [0.4, 0.5) is 0 Å². The molecule has 3 aromatic rings. The molecule has 2 amide bonds. The first-order chi connectivity index (χ1) is 16.6. The van der Waals surface area contributed by atoms with E-state index in [4.69, 9.17) is 4.74 Å². The van der Waals surface area contributed by atoms with Crippen molar-refractivity contribution in [3.8, 4) is 0 Å². The Balaban J connectivity index is 1.53. The summed E-state index contributed by atoms with van der Waals surface area (Å²) in [5.74, 6) is -0.00132. The van der Waals surface area contributed by atoms with E-state index < -0.39 is 0 Å². The van der Waals surface area contributed by atoms with Gasteiger partial charge in [0.25, 0.3) is 5.56 Å². The van der Waals surface area contributed by atoms with Crippen molar-refractivity contribution in [2.45, 2.75) is 37.4 Å². The lowest BCUT2D eigenvalue weighted by molar-refractivity contribution is -0.121. The van der Waals surface area contributed by atoms with Crippen molar-refractivity contribution < 1.29 is 14.3 Å². The van der Waals surface area contributed by atoms with Gasteiger partial charge in [-0.05, 0) is 36.3 Å². The van der Waals surface area contributed by atoms with Gasteiger partial charge in [0.05, 0.1) is 11.3 Å². The molecule has 182 valence electrons. The number of carbonyl (C=O) groups is 2. The number of rotatable bonds is 14. The highest BCUT2D eigenvalue weighted by Crippen LogP contribution is 2.21. The normalized spacial score (nSPS) is 11.0. The van der Waals surface area contributed by atoms with Crippen molar-refractivity contribution in [1.29, 1.82) is 0 Å². The van der Waals surface area contributed by atoms with Gasteiger partial charge in [-0.2, -0.15) is 0 Å². The van der Waals surface area contributed by atoms with Crippen LogP contribution in [0.3, 0.4) is 0 Å². The first-order valence-electron chi connectivity index (χ1n) is 11.3. The Labute approximate surface area is 207 Å². The van der Waals surface area contributed by atoms with E-state index in [0.29, 0.717) is 54.5 Å². The molecule has 0 radical (unpaired) electrons. The lowest BCUT2D eigenvalue weighted by Gasteiger charge is -2.12. The minimum atomic E-state index is -0.132. The standard InChI is InChI=1S/C24H30N4O4S2/c1-32-15-6-12-25-21(30)17-34-24-27-19-11-16-33-22(19)23(31)28(24)14-5-9-20(29)26-13-10-18-7-3-2-4-8-18/h2-4,7-8,11,16H,5-6,9-10,12-15,17H2,1H3,(H,25,30)(H,26,29). The quantitative estimate of drug-likeness (QED) is 0.200. The summed E-state index contributed by atoms with van der Waals surface area (Å²) in [6.07, 6.45) is 2.34. The lowest BCUT2D eigenvalue weighted by Crippen LogP contribution is -2.28.